The summed E-state index contributed by atoms with van der Waals surface area (Å²) in [6, 6.07) is 37.7. The number of benzene rings is 6. The van der Waals surface area contributed by atoms with Gasteiger partial charge in [0, 0.05) is 39.5 Å². The van der Waals surface area contributed by atoms with E-state index in [0.717, 1.165) is 0 Å². The maximum atomic E-state index is 2.76. The Balaban J connectivity index is 1.21. The Kier molecular flexibility index (Phi) is 8.87. The third-order valence-corrected chi connectivity index (χ3v) is 19.4. The van der Waals surface area contributed by atoms with Crippen molar-refractivity contribution in [1.29, 1.82) is 0 Å². The average molecular weight is 895 g/mol. The summed E-state index contributed by atoms with van der Waals surface area (Å²) in [5, 5.41) is 0. The van der Waals surface area contributed by atoms with Crippen LogP contribution in [0.4, 0.5) is 34.1 Å². The monoisotopic (exact) mass is 895 g/mol. The molecule has 0 N–H and O–H groups in total. The predicted molar refractivity (Wildman–Crippen MR) is 293 cm³/mol. The number of hydrogen-bond acceptors (Lipinski definition) is 2. The highest BCUT2D eigenvalue weighted by molar-refractivity contribution is 7.00. The molecule has 6 aromatic rings. The molecule has 0 spiro atoms. The summed E-state index contributed by atoms with van der Waals surface area (Å²) < 4.78 is 0. The maximum Gasteiger partial charge on any atom is 0.252 e. The lowest BCUT2D eigenvalue weighted by atomic mass is 9.32. The molecule has 0 aromatic heterocycles. The first-order valence-corrected chi connectivity index (χ1v) is 26.3. The van der Waals surface area contributed by atoms with Crippen LogP contribution in [0.15, 0.2) is 91.0 Å². The van der Waals surface area contributed by atoms with Crippen LogP contribution in [0.3, 0.4) is 0 Å². The largest absolute Gasteiger partial charge is 0.311 e. The minimum atomic E-state index is -0.112. The Morgan fingerprint density at radius 2 is 0.779 bits per heavy atom. The Labute approximate surface area is 410 Å². The van der Waals surface area contributed by atoms with Crippen molar-refractivity contribution in [2.45, 2.75) is 187 Å². The van der Waals surface area contributed by atoms with Crippen LogP contribution in [0.1, 0.15) is 191 Å². The molecule has 3 heteroatoms. The molecule has 4 aliphatic carbocycles. The highest BCUT2D eigenvalue weighted by Crippen LogP contribution is 2.56. The zero-order valence-corrected chi connectivity index (χ0v) is 44.4. The molecular weight excluding hydrogens is 820 g/mol. The smallest absolute Gasteiger partial charge is 0.252 e. The second-order valence-electron chi connectivity index (χ2n) is 27.1. The lowest BCUT2D eigenvalue weighted by Gasteiger charge is -2.49. The van der Waals surface area contributed by atoms with E-state index in [-0.39, 0.29) is 44.6 Å². The molecule has 0 atom stereocenters. The number of anilines is 6. The molecule has 68 heavy (non-hydrogen) atoms. The molecule has 2 nitrogen and oxygen atoms in total. The maximum absolute atomic E-state index is 2.76. The van der Waals surface area contributed by atoms with E-state index in [1.54, 1.807) is 5.56 Å². The van der Waals surface area contributed by atoms with Crippen LogP contribution in [-0.2, 0) is 37.9 Å². The topological polar surface area (TPSA) is 6.48 Å². The summed E-state index contributed by atoms with van der Waals surface area (Å²) in [7, 11) is 0. The number of rotatable bonds is 2. The molecule has 0 fully saturated rings. The number of hydrogen-bond donors (Lipinski definition) is 0. The van der Waals surface area contributed by atoms with E-state index < -0.39 is 0 Å². The van der Waals surface area contributed by atoms with Gasteiger partial charge in [0.2, 0.25) is 0 Å². The van der Waals surface area contributed by atoms with Gasteiger partial charge in [-0.1, -0.05) is 145 Å². The molecule has 6 aliphatic rings. The molecule has 348 valence electrons. The van der Waals surface area contributed by atoms with Crippen LogP contribution < -0.4 is 26.2 Å². The number of fused-ring (bicyclic) bond motifs is 10. The van der Waals surface area contributed by atoms with Crippen molar-refractivity contribution >= 4 is 57.2 Å². The van der Waals surface area contributed by atoms with Crippen LogP contribution in [0.2, 0.25) is 0 Å². The molecule has 6 aromatic carbocycles. The summed E-state index contributed by atoms with van der Waals surface area (Å²) in [4.78, 5) is 5.48. The fraction of sp³-hybridized carbons (Fsp3) is 0.446. The molecule has 0 amide bonds. The van der Waals surface area contributed by atoms with Crippen molar-refractivity contribution < 1.29 is 0 Å². The van der Waals surface area contributed by atoms with Gasteiger partial charge >= 0.3 is 0 Å². The Morgan fingerprint density at radius 3 is 1.29 bits per heavy atom. The van der Waals surface area contributed by atoms with Gasteiger partial charge in [-0.2, -0.15) is 0 Å². The first-order valence-electron chi connectivity index (χ1n) is 26.3. The Hall–Kier alpha value is -5.02. The van der Waals surface area contributed by atoms with Crippen LogP contribution in [0.5, 0.6) is 0 Å². The van der Waals surface area contributed by atoms with E-state index in [2.05, 4.69) is 212 Å². The molecule has 0 unspecified atom stereocenters. The molecule has 0 saturated carbocycles. The molecule has 2 aliphatic heterocycles. The van der Waals surface area contributed by atoms with Gasteiger partial charge in [-0.05, 0) is 210 Å². The Bertz CT molecular complexity index is 3200. The van der Waals surface area contributed by atoms with Crippen molar-refractivity contribution in [3.8, 4) is 11.1 Å². The molecule has 12 rings (SSSR count). The van der Waals surface area contributed by atoms with Crippen LogP contribution >= 0.6 is 0 Å². The van der Waals surface area contributed by atoms with Gasteiger partial charge in [-0.25, -0.2) is 0 Å². The number of nitrogens with zero attached hydrogens (tertiary/aromatic N) is 2. The summed E-state index contributed by atoms with van der Waals surface area (Å²) in [6.07, 6.45) is 7.15. The minimum Gasteiger partial charge on any atom is -0.311 e. The fourth-order valence-corrected chi connectivity index (χ4v) is 14.6. The van der Waals surface area contributed by atoms with Crippen molar-refractivity contribution in [3.63, 3.8) is 0 Å². The van der Waals surface area contributed by atoms with Crippen molar-refractivity contribution in [3.05, 3.63) is 147 Å². The summed E-state index contributed by atoms with van der Waals surface area (Å²) in [5.41, 5.74) is 30.1. The van der Waals surface area contributed by atoms with Crippen molar-refractivity contribution in [2.75, 3.05) is 9.80 Å². The average Bonchev–Trinajstić information content (AvgIpc) is 3.50. The fourth-order valence-electron chi connectivity index (χ4n) is 14.6. The summed E-state index contributed by atoms with van der Waals surface area (Å²) in [5.74, 6) is 0. The summed E-state index contributed by atoms with van der Waals surface area (Å²) >= 11 is 0. The van der Waals surface area contributed by atoms with Gasteiger partial charge in [0.1, 0.15) is 0 Å². The van der Waals surface area contributed by atoms with Crippen molar-refractivity contribution in [1.82, 2.24) is 0 Å². The van der Waals surface area contributed by atoms with Gasteiger partial charge < -0.3 is 9.80 Å². The second-order valence-corrected chi connectivity index (χ2v) is 27.1. The van der Waals surface area contributed by atoms with E-state index in [9.17, 15) is 0 Å². The molecule has 2 heterocycles. The van der Waals surface area contributed by atoms with Gasteiger partial charge in [0.25, 0.3) is 6.71 Å². The highest BCUT2D eigenvalue weighted by atomic mass is 15.2. The molecule has 0 radical (unpaired) electrons. The lowest BCUT2D eigenvalue weighted by molar-refractivity contribution is 0.331. The second kappa shape index (κ2) is 13.6. The zero-order chi connectivity index (χ0) is 48.2. The zero-order valence-electron chi connectivity index (χ0n) is 44.4. The van der Waals surface area contributed by atoms with E-state index in [0.29, 0.717) is 0 Å². The van der Waals surface area contributed by atoms with E-state index in [4.69, 9.17) is 0 Å². The number of aryl methyl sites for hydroxylation is 2. The van der Waals surface area contributed by atoms with Crippen LogP contribution in [-0.4, -0.2) is 6.71 Å². The van der Waals surface area contributed by atoms with Gasteiger partial charge in [-0.15, -0.1) is 0 Å². The standard InChI is InChI=1S/C65H75BN2/c1-38-29-56-58-57(30-38)68(53-35-48-45(31-39(53)2)59(3,4)23-26-62(48,9)10)55-37-50-47(61(7,8)25-28-64(50,13)14)34-52(55)66(58)51-33-46-49(63(11,12)27-24-60(46,5)6)36-54(51)67(56)40-21-22-42-41-19-17-18-20-43(41)65(15,16)44(42)32-40/h17-22,29-37H,23-28H2,1-16H3. The van der Waals surface area contributed by atoms with Crippen LogP contribution in [0.25, 0.3) is 11.1 Å². The lowest BCUT2D eigenvalue weighted by Crippen LogP contribution is -2.62. The highest BCUT2D eigenvalue weighted by Gasteiger charge is 2.50. The minimum absolute atomic E-state index is 0.0629. The molecule has 0 saturated heterocycles. The predicted octanol–water partition coefficient (Wildman–Crippen LogP) is 15.7. The summed E-state index contributed by atoms with van der Waals surface area (Å²) in [6.45, 7) is 39.7. The third kappa shape index (κ3) is 5.95. The molecular formula is C65H75BN2. The first kappa shape index (κ1) is 44.2. The quantitative estimate of drug-likeness (QED) is 0.160. The van der Waals surface area contributed by atoms with Gasteiger partial charge in [0.05, 0.1) is 0 Å². The molecule has 0 bridgehead atoms. The van der Waals surface area contributed by atoms with E-state index in [1.807, 2.05) is 0 Å². The Morgan fingerprint density at radius 1 is 0.368 bits per heavy atom. The third-order valence-electron chi connectivity index (χ3n) is 19.4. The normalized spacial score (nSPS) is 21.6. The first-order chi connectivity index (χ1) is 31.7. The van der Waals surface area contributed by atoms with Crippen LogP contribution in [0, 0.1) is 13.8 Å². The van der Waals surface area contributed by atoms with Crippen molar-refractivity contribution in [2.24, 2.45) is 0 Å². The van der Waals surface area contributed by atoms with Gasteiger partial charge in [0.15, 0.2) is 0 Å². The van der Waals surface area contributed by atoms with E-state index in [1.165, 1.54) is 150 Å². The van der Waals surface area contributed by atoms with E-state index >= 15 is 0 Å². The SMILES string of the molecule is Cc1cc2c3c(c1)N(c1cc4c(cc1C)C(C)(C)CCC4(C)C)c1cc4c(cc1B3c1cc3c(cc1N2c1ccc2c(c1)C(C)(C)c1ccccc1-2)C(C)(C)CCC3(C)C)C(C)(C)CCC4(C)C. The van der Waals surface area contributed by atoms with Gasteiger partial charge in [-0.3, -0.25) is 0 Å².